The summed E-state index contributed by atoms with van der Waals surface area (Å²) < 4.78 is 9.36. The molecule has 5 nitrogen and oxygen atoms in total. The molecule has 3 aromatic heterocycles. The van der Waals surface area contributed by atoms with Gasteiger partial charge in [-0.1, -0.05) is 164 Å². The van der Waals surface area contributed by atoms with E-state index < -0.39 is 0 Å². The third-order valence-corrected chi connectivity index (χ3v) is 10.7. The van der Waals surface area contributed by atoms with Gasteiger partial charge in [0, 0.05) is 55.0 Å². The number of fused-ring (bicyclic) bond motifs is 6. The number of aromatic nitrogens is 4. The molecule has 5 heteroatoms. The fraction of sp³-hybridized carbons (Fsp3) is 0. The summed E-state index contributed by atoms with van der Waals surface area (Å²) in [5, 5.41) is 4.54. The van der Waals surface area contributed by atoms with Gasteiger partial charge in [-0.15, -0.1) is 0 Å². The Balaban J connectivity index is 1.09. The molecule has 0 N–H and O–H groups in total. The van der Waals surface area contributed by atoms with Gasteiger partial charge in [0.25, 0.3) is 0 Å². The summed E-state index contributed by atoms with van der Waals surface area (Å²) in [4.78, 5) is 15.1. The van der Waals surface area contributed by atoms with Crippen LogP contribution in [0.15, 0.2) is 199 Å². The normalized spacial score (nSPS) is 11.6. The molecule has 0 aliphatic carbocycles. The highest BCUT2D eigenvalue weighted by Crippen LogP contribution is 2.43. The third-order valence-electron chi connectivity index (χ3n) is 10.7. The molecule has 56 heavy (non-hydrogen) atoms. The van der Waals surface area contributed by atoms with Gasteiger partial charge in [0.2, 0.25) is 0 Å². The number of benzene rings is 8. The summed E-state index contributed by atoms with van der Waals surface area (Å²) in [5.74, 6) is 1.85. The van der Waals surface area contributed by atoms with Crippen molar-refractivity contribution in [1.29, 1.82) is 0 Å². The van der Waals surface area contributed by atoms with Crippen LogP contribution in [0.4, 0.5) is 0 Å². The van der Waals surface area contributed by atoms with Crippen molar-refractivity contribution in [3.05, 3.63) is 194 Å². The van der Waals surface area contributed by atoms with Crippen LogP contribution in [-0.2, 0) is 0 Å². The lowest BCUT2D eigenvalue weighted by atomic mass is 9.96. The predicted molar refractivity (Wildman–Crippen MR) is 229 cm³/mol. The Morgan fingerprint density at radius 3 is 1.52 bits per heavy atom. The van der Waals surface area contributed by atoms with Gasteiger partial charge in [0.05, 0.1) is 11.0 Å². The quantitative estimate of drug-likeness (QED) is 0.172. The molecule has 11 rings (SSSR count). The van der Waals surface area contributed by atoms with Crippen LogP contribution < -0.4 is 0 Å². The molecular formula is C51H32N4O. The predicted octanol–water partition coefficient (Wildman–Crippen LogP) is 13.2. The Bertz CT molecular complexity index is 3180. The molecule has 0 atom stereocenters. The molecule has 3 heterocycles. The molecule has 0 fully saturated rings. The van der Waals surface area contributed by atoms with Crippen molar-refractivity contribution < 1.29 is 4.42 Å². The Labute approximate surface area is 322 Å². The van der Waals surface area contributed by atoms with Crippen LogP contribution in [0.3, 0.4) is 0 Å². The monoisotopic (exact) mass is 716 g/mol. The van der Waals surface area contributed by atoms with E-state index in [1.54, 1.807) is 0 Å². The number of para-hydroxylation sites is 4. The van der Waals surface area contributed by atoms with Crippen LogP contribution >= 0.6 is 0 Å². The molecule has 11 aromatic rings. The van der Waals surface area contributed by atoms with Crippen molar-refractivity contribution in [2.24, 2.45) is 0 Å². The maximum atomic E-state index is 7.02. The van der Waals surface area contributed by atoms with Gasteiger partial charge in [-0.2, -0.15) is 0 Å². The van der Waals surface area contributed by atoms with Crippen LogP contribution in [0.1, 0.15) is 0 Å². The zero-order chi connectivity index (χ0) is 37.0. The minimum absolute atomic E-state index is 0.602. The fourth-order valence-corrected chi connectivity index (χ4v) is 8.10. The maximum Gasteiger partial charge on any atom is 0.164 e. The van der Waals surface area contributed by atoms with Crippen LogP contribution in [0.2, 0.25) is 0 Å². The second-order valence-corrected chi connectivity index (χ2v) is 14.0. The lowest BCUT2D eigenvalue weighted by Crippen LogP contribution is -2.01. The number of hydrogen-bond acceptors (Lipinski definition) is 4. The van der Waals surface area contributed by atoms with E-state index in [-0.39, 0.29) is 0 Å². The van der Waals surface area contributed by atoms with E-state index in [0.29, 0.717) is 17.5 Å². The Hall–Kier alpha value is -7.63. The largest absolute Gasteiger partial charge is 0.455 e. The summed E-state index contributed by atoms with van der Waals surface area (Å²) in [6, 6.07) is 67.3. The summed E-state index contributed by atoms with van der Waals surface area (Å²) in [6.45, 7) is 0. The van der Waals surface area contributed by atoms with Gasteiger partial charge in [0.15, 0.2) is 17.5 Å². The van der Waals surface area contributed by atoms with Gasteiger partial charge in [0.1, 0.15) is 11.2 Å². The van der Waals surface area contributed by atoms with Crippen molar-refractivity contribution in [3.8, 4) is 62.1 Å². The summed E-state index contributed by atoms with van der Waals surface area (Å²) in [7, 11) is 0. The summed E-state index contributed by atoms with van der Waals surface area (Å²) >= 11 is 0. The summed E-state index contributed by atoms with van der Waals surface area (Å²) in [6.07, 6.45) is 0. The molecule has 0 bridgehead atoms. The third kappa shape index (κ3) is 5.21. The van der Waals surface area contributed by atoms with E-state index in [9.17, 15) is 0 Å². The molecule has 0 spiro atoms. The molecule has 0 saturated carbocycles. The molecule has 0 amide bonds. The molecule has 8 aromatic carbocycles. The van der Waals surface area contributed by atoms with E-state index in [1.165, 1.54) is 21.8 Å². The lowest BCUT2D eigenvalue weighted by molar-refractivity contribution is 0.671. The van der Waals surface area contributed by atoms with E-state index in [0.717, 1.165) is 66.6 Å². The minimum atomic E-state index is 0.602. The minimum Gasteiger partial charge on any atom is -0.455 e. The first-order valence-corrected chi connectivity index (χ1v) is 18.8. The van der Waals surface area contributed by atoms with Crippen LogP contribution in [-0.4, -0.2) is 19.5 Å². The topological polar surface area (TPSA) is 56.7 Å². The molecule has 0 aliphatic rings. The highest BCUT2D eigenvalue weighted by molar-refractivity contribution is 6.15. The van der Waals surface area contributed by atoms with E-state index in [4.69, 9.17) is 19.4 Å². The number of rotatable bonds is 6. The zero-order valence-corrected chi connectivity index (χ0v) is 30.2. The van der Waals surface area contributed by atoms with Crippen molar-refractivity contribution in [2.45, 2.75) is 0 Å². The highest BCUT2D eigenvalue weighted by Gasteiger charge is 2.21. The first kappa shape index (κ1) is 31.9. The molecule has 0 unspecified atom stereocenters. The van der Waals surface area contributed by atoms with E-state index in [1.807, 2.05) is 66.7 Å². The molecule has 0 aliphatic heterocycles. The number of nitrogens with zero attached hydrogens (tertiary/aromatic N) is 4. The van der Waals surface area contributed by atoms with Crippen LogP contribution in [0.25, 0.3) is 106 Å². The Morgan fingerprint density at radius 2 is 0.821 bits per heavy atom. The van der Waals surface area contributed by atoms with Gasteiger partial charge in [-0.25, -0.2) is 15.0 Å². The lowest BCUT2D eigenvalue weighted by Gasteiger charge is -2.12. The van der Waals surface area contributed by atoms with Crippen LogP contribution in [0.5, 0.6) is 0 Å². The molecule has 0 saturated heterocycles. The number of furan rings is 1. The molecule has 0 radical (unpaired) electrons. The van der Waals surface area contributed by atoms with Crippen molar-refractivity contribution >= 4 is 43.7 Å². The average Bonchev–Trinajstić information content (AvgIpc) is 3.83. The van der Waals surface area contributed by atoms with Crippen molar-refractivity contribution in [3.63, 3.8) is 0 Å². The number of hydrogen-bond donors (Lipinski definition) is 0. The van der Waals surface area contributed by atoms with Crippen molar-refractivity contribution in [1.82, 2.24) is 19.5 Å². The highest BCUT2D eigenvalue weighted by atomic mass is 16.3. The van der Waals surface area contributed by atoms with Gasteiger partial charge in [-0.3, -0.25) is 0 Å². The SMILES string of the molecule is c1ccc(-c2nc(-c3ccccc3)nc(-c3ccccc3-c3cccc4c3oc3c(-c5ccc6c(c5)c5ccccc5n6-c5ccccc5)cccc34)n2)cc1. The first-order valence-electron chi connectivity index (χ1n) is 18.8. The average molecular weight is 717 g/mol. The zero-order valence-electron chi connectivity index (χ0n) is 30.2. The Kier molecular flexibility index (Phi) is 7.42. The first-order chi connectivity index (χ1) is 27.8. The van der Waals surface area contributed by atoms with Crippen molar-refractivity contribution in [2.75, 3.05) is 0 Å². The second kappa shape index (κ2) is 13.0. The smallest absolute Gasteiger partial charge is 0.164 e. The van der Waals surface area contributed by atoms with Crippen LogP contribution in [0, 0.1) is 0 Å². The van der Waals surface area contributed by atoms with E-state index >= 15 is 0 Å². The van der Waals surface area contributed by atoms with Gasteiger partial charge < -0.3 is 8.98 Å². The standard InChI is InChI=1S/C51H32N4O/c1-4-16-33(17-5-1)49-52-50(34-18-6-2-7-19-34)54-51(53-49)43-24-11-10-22-38(43)40-26-15-28-42-41-27-14-25-37(47(41)56-48(40)42)35-30-31-46-44(32-35)39-23-12-13-29-45(39)55(46)36-20-8-3-9-21-36/h1-32H. The maximum absolute atomic E-state index is 7.02. The van der Waals surface area contributed by atoms with E-state index in [2.05, 4.69) is 132 Å². The van der Waals surface area contributed by atoms with Gasteiger partial charge >= 0.3 is 0 Å². The molecule has 262 valence electrons. The fourth-order valence-electron chi connectivity index (χ4n) is 8.10. The Morgan fingerprint density at radius 1 is 0.321 bits per heavy atom. The molecular weight excluding hydrogens is 685 g/mol. The van der Waals surface area contributed by atoms with Gasteiger partial charge in [-0.05, 0) is 41.5 Å². The summed E-state index contributed by atoms with van der Waals surface area (Å²) in [5.41, 5.74) is 12.1. The second-order valence-electron chi connectivity index (χ2n) is 14.0.